The molecule has 1 saturated heterocycles. The maximum atomic E-state index is 10.2. The molecule has 0 aromatic carbocycles. The Labute approximate surface area is 33.3 Å². The van der Waals surface area contributed by atoms with Gasteiger partial charge < -0.3 is 4.52 Å². The second-order valence-electron chi connectivity index (χ2n) is 1.04. The zero-order chi connectivity index (χ0) is 4.20. The smallest absolute Gasteiger partial charge is 0.378 e. The Balaban J connectivity index is 2.74. The van der Waals surface area contributed by atoms with Crippen LogP contribution in [0.2, 0.25) is 0 Å². The average Bonchev–Trinajstić information content (AvgIpc) is 1.88. The molecule has 0 spiro atoms. The van der Waals surface area contributed by atoms with Crippen molar-refractivity contribution in [1.82, 2.24) is 0 Å². The Morgan fingerprint density at radius 2 is 2.50 bits per heavy atom. The molecule has 4 nitrogen and oxygen atoms in total. The van der Waals surface area contributed by atoms with Crippen molar-refractivity contribution >= 4 is 13.2 Å². The van der Waals surface area contributed by atoms with Crippen molar-refractivity contribution in [2.24, 2.45) is 5.16 Å². The van der Waals surface area contributed by atoms with Gasteiger partial charge in [-0.3, -0.25) is 4.62 Å². The van der Waals surface area contributed by atoms with E-state index in [9.17, 15) is 4.57 Å². The fourth-order valence-corrected chi connectivity index (χ4v) is 0.984. The van der Waals surface area contributed by atoms with Gasteiger partial charge in [-0.1, -0.05) is 0 Å². The Hall–Kier alpha value is -0.500. The summed E-state index contributed by atoms with van der Waals surface area (Å²) < 4.78 is 18.6. The highest BCUT2D eigenvalue weighted by molar-refractivity contribution is 7.82. The van der Waals surface area contributed by atoms with Gasteiger partial charge in [0.15, 0.2) is 0 Å². The molecular formula is CNO3P. The number of fused-ring (bicyclic) bond motifs is 1. The van der Waals surface area contributed by atoms with E-state index in [2.05, 4.69) is 14.3 Å². The molecule has 0 saturated carbocycles. The Morgan fingerprint density at radius 3 is 2.50 bits per heavy atom. The lowest BCUT2D eigenvalue weighted by Crippen LogP contribution is -1.78. The lowest BCUT2D eigenvalue weighted by atomic mass is 11.5. The van der Waals surface area contributed by atoms with Crippen LogP contribution in [-0.2, 0) is 13.7 Å². The molecule has 0 bridgehead atoms. The van der Waals surface area contributed by atoms with Gasteiger partial charge in [-0.05, 0) is 5.16 Å². The number of hydrogen-bond acceptors (Lipinski definition) is 4. The molecule has 0 aliphatic carbocycles. The average molecular weight is 105 g/mol. The largest absolute Gasteiger partial charge is 0.542 e. The van der Waals surface area contributed by atoms with Crippen LogP contribution in [0.3, 0.4) is 0 Å². The third-order valence-corrected chi connectivity index (χ3v) is 1.82. The molecule has 1 fully saturated rings. The fourth-order valence-electron chi connectivity index (χ4n) is 0.261. The molecule has 2 rings (SSSR count). The zero-order valence-corrected chi connectivity index (χ0v) is 3.51. The molecule has 0 aromatic heterocycles. The molecule has 2 aliphatic rings. The van der Waals surface area contributed by atoms with Crippen LogP contribution < -0.4 is 0 Å². The Bertz CT molecular complexity index is 166. The van der Waals surface area contributed by atoms with Crippen molar-refractivity contribution < 1.29 is 13.7 Å². The third kappa shape index (κ3) is 0.104. The van der Waals surface area contributed by atoms with E-state index in [1.165, 1.54) is 0 Å². The number of nitrogens with zero attached hydrogens (tertiary/aromatic N) is 1. The second-order valence-corrected chi connectivity index (χ2v) is 2.77. The number of rotatable bonds is 0. The first-order chi connectivity index (χ1) is 2.81. The predicted octanol–water partition coefficient (Wildman–Crippen LogP) is 0.511. The predicted molar refractivity (Wildman–Crippen MR) is 17.2 cm³/mol. The first-order valence-corrected chi connectivity index (χ1v) is 2.92. The first-order valence-electron chi connectivity index (χ1n) is 1.38. The van der Waals surface area contributed by atoms with Crippen LogP contribution in [0.5, 0.6) is 0 Å². The zero-order valence-electron chi connectivity index (χ0n) is 2.62. The maximum absolute atomic E-state index is 10.2. The topological polar surface area (TPSA) is 51.2 Å². The summed E-state index contributed by atoms with van der Waals surface area (Å²) in [6.07, 6.45) is 0. The first kappa shape index (κ1) is 2.64. The van der Waals surface area contributed by atoms with Gasteiger partial charge in [-0.25, -0.2) is 4.57 Å². The van der Waals surface area contributed by atoms with Crippen molar-refractivity contribution in [3.8, 4) is 0 Å². The summed E-state index contributed by atoms with van der Waals surface area (Å²) in [4.78, 5) is 0. The monoisotopic (exact) mass is 105 g/mol. The van der Waals surface area contributed by atoms with Crippen LogP contribution in [0, 0.1) is 0 Å². The molecule has 0 amide bonds. The Morgan fingerprint density at radius 1 is 1.83 bits per heavy atom. The minimum Gasteiger partial charge on any atom is -0.378 e. The summed E-state index contributed by atoms with van der Waals surface area (Å²) in [5, 5.41) is 3.15. The third-order valence-electron chi connectivity index (χ3n) is 0.630. The molecule has 0 radical (unpaired) electrons. The van der Waals surface area contributed by atoms with E-state index in [-0.39, 0.29) is 0 Å². The quantitative estimate of drug-likeness (QED) is 0.333. The Kier molecular flexibility index (Phi) is 0.183. The second kappa shape index (κ2) is 0.417. The summed E-state index contributed by atoms with van der Waals surface area (Å²) in [6.45, 7) is 0. The van der Waals surface area contributed by atoms with E-state index in [0.29, 0.717) is 5.64 Å². The lowest BCUT2D eigenvalue weighted by molar-refractivity contribution is 0.330. The number of oxime groups is 1. The van der Waals surface area contributed by atoms with Gasteiger partial charge in [-0.15, -0.1) is 0 Å². The summed E-state index contributed by atoms with van der Waals surface area (Å²) in [7, 11) is -2.55. The van der Waals surface area contributed by atoms with Crippen molar-refractivity contribution in [3.05, 3.63) is 0 Å². The van der Waals surface area contributed by atoms with Gasteiger partial charge in [0, 0.05) is 0 Å². The molecule has 0 N–H and O–H groups in total. The van der Waals surface area contributed by atoms with Crippen molar-refractivity contribution in [2.75, 3.05) is 0 Å². The van der Waals surface area contributed by atoms with Gasteiger partial charge in [0.25, 0.3) is 0 Å². The minimum absolute atomic E-state index is 0.294. The molecule has 0 aromatic rings. The molecule has 2 heterocycles. The highest BCUT2D eigenvalue weighted by Gasteiger charge is 2.64. The van der Waals surface area contributed by atoms with Gasteiger partial charge in [0.1, 0.15) is 0 Å². The van der Waals surface area contributed by atoms with Gasteiger partial charge in [-0.2, -0.15) is 0 Å². The SMILES string of the molecule is O=P12ON=C1O2. The normalized spacial score (nSPS) is 46.3. The molecule has 6 heavy (non-hydrogen) atoms. The van der Waals surface area contributed by atoms with Gasteiger partial charge in [0.2, 0.25) is 0 Å². The van der Waals surface area contributed by atoms with E-state index >= 15 is 0 Å². The maximum Gasteiger partial charge on any atom is 0.542 e. The molecular weight excluding hydrogens is 105 g/mol. The van der Waals surface area contributed by atoms with E-state index in [0.717, 1.165) is 0 Å². The summed E-state index contributed by atoms with van der Waals surface area (Å²) in [5.41, 5.74) is 0.294. The highest BCUT2D eigenvalue weighted by Crippen LogP contribution is 2.72. The summed E-state index contributed by atoms with van der Waals surface area (Å²) in [6, 6.07) is 0. The number of hydrogen-bond donors (Lipinski definition) is 0. The van der Waals surface area contributed by atoms with Crippen LogP contribution >= 0.6 is 7.60 Å². The van der Waals surface area contributed by atoms with E-state index < -0.39 is 7.60 Å². The fraction of sp³-hybridized carbons (Fsp3) is 0. The highest BCUT2D eigenvalue weighted by atomic mass is 31.2. The molecule has 1 unspecified atom stereocenters. The molecule has 5 heteroatoms. The van der Waals surface area contributed by atoms with E-state index in [1.807, 2.05) is 0 Å². The van der Waals surface area contributed by atoms with E-state index in [1.54, 1.807) is 0 Å². The van der Waals surface area contributed by atoms with Crippen LogP contribution in [0.25, 0.3) is 0 Å². The van der Waals surface area contributed by atoms with Crippen molar-refractivity contribution in [1.29, 1.82) is 0 Å². The van der Waals surface area contributed by atoms with Gasteiger partial charge >= 0.3 is 13.2 Å². The summed E-state index contributed by atoms with van der Waals surface area (Å²) in [5.74, 6) is 0. The molecule has 32 valence electrons. The van der Waals surface area contributed by atoms with Gasteiger partial charge in [0.05, 0.1) is 0 Å². The van der Waals surface area contributed by atoms with Crippen LogP contribution in [0.4, 0.5) is 0 Å². The van der Waals surface area contributed by atoms with E-state index in [4.69, 9.17) is 0 Å². The molecule has 1 atom stereocenters. The van der Waals surface area contributed by atoms with Crippen LogP contribution in [-0.4, -0.2) is 5.64 Å². The van der Waals surface area contributed by atoms with Crippen molar-refractivity contribution in [3.63, 3.8) is 0 Å². The lowest BCUT2D eigenvalue weighted by Gasteiger charge is -1.86. The van der Waals surface area contributed by atoms with Crippen LogP contribution in [0.1, 0.15) is 0 Å². The standard InChI is InChI=1S/CNO3P/c3-6-1(4-6)2-5-6. The van der Waals surface area contributed by atoms with Crippen molar-refractivity contribution in [2.45, 2.75) is 0 Å². The minimum atomic E-state index is -2.55. The van der Waals surface area contributed by atoms with Crippen LogP contribution in [0.15, 0.2) is 5.16 Å². The molecule has 2 aliphatic heterocycles. The summed E-state index contributed by atoms with van der Waals surface area (Å²) >= 11 is 0.